The van der Waals surface area contributed by atoms with Gasteiger partial charge in [-0.15, -0.1) is 0 Å². The molecule has 1 atom stereocenters. The first-order chi connectivity index (χ1) is 7.86. The maximum Gasteiger partial charge on any atom is 0.416 e. The molecule has 96 valence electrons. The van der Waals surface area contributed by atoms with Crippen LogP contribution in [0.1, 0.15) is 37.4 Å². The summed E-state index contributed by atoms with van der Waals surface area (Å²) in [4.78, 5) is 0. The first kappa shape index (κ1) is 14.0. The lowest BCUT2D eigenvalue weighted by atomic mass is 9.93. The van der Waals surface area contributed by atoms with E-state index in [9.17, 15) is 13.2 Å². The molecular formula is C13H18F3N. The summed E-state index contributed by atoms with van der Waals surface area (Å²) in [5.41, 5.74) is -0.212. The quantitative estimate of drug-likeness (QED) is 0.845. The van der Waals surface area contributed by atoms with Gasteiger partial charge in [-0.25, -0.2) is 0 Å². The molecule has 1 aromatic rings. The topological polar surface area (TPSA) is 12.0 Å². The van der Waals surface area contributed by atoms with Gasteiger partial charge in [-0.05, 0) is 31.0 Å². The molecule has 1 rings (SSSR count). The third kappa shape index (κ3) is 3.73. The van der Waals surface area contributed by atoms with E-state index < -0.39 is 11.7 Å². The number of benzene rings is 1. The zero-order valence-electron chi connectivity index (χ0n) is 10.3. The number of hydrogen-bond donors (Lipinski definition) is 1. The summed E-state index contributed by atoms with van der Waals surface area (Å²) < 4.78 is 38.6. The van der Waals surface area contributed by atoms with Crippen LogP contribution in [-0.4, -0.2) is 7.05 Å². The van der Waals surface area contributed by atoms with Crippen LogP contribution in [0.15, 0.2) is 24.3 Å². The van der Waals surface area contributed by atoms with Crippen molar-refractivity contribution in [3.8, 4) is 0 Å². The summed E-state index contributed by atoms with van der Waals surface area (Å²) in [6.45, 7) is 4.00. The van der Waals surface area contributed by atoms with Crippen molar-refractivity contribution in [2.45, 2.75) is 32.5 Å². The molecule has 1 aromatic carbocycles. The summed E-state index contributed by atoms with van der Waals surface area (Å²) >= 11 is 0. The maximum absolute atomic E-state index is 12.9. The number of hydrogen-bond acceptors (Lipinski definition) is 1. The SMILES string of the molecule is CNC(CC(C)C)c1ccccc1C(F)(F)F. The molecule has 0 heterocycles. The minimum atomic E-state index is -4.29. The van der Waals surface area contributed by atoms with Gasteiger partial charge >= 0.3 is 6.18 Å². The standard InChI is InChI=1S/C13H18F3N/c1-9(2)8-12(17-3)10-6-4-5-7-11(10)13(14,15)16/h4-7,9,12,17H,8H2,1-3H3. The second-order valence-corrected chi connectivity index (χ2v) is 4.56. The average Bonchev–Trinajstić information content (AvgIpc) is 2.24. The Bertz CT molecular complexity index is 358. The average molecular weight is 245 g/mol. The van der Waals surface area contributed by atoms with Crippen molar-refractivity contribution in [1.29, 1.82) is 0 Å². The molecule has 1 unspecified atom stereocenters. The Hall–Kier alpha value is -1.03. The summed E-state index contributed by atoms with van der Waals surface area (Å²) in [5, 5.41) is 2.96. The van der Waals surface area contributed by atoms with E-state index in [0.29, 0.717) is 17.9 Å². The van der Waals surface area contributed by atoms with Gasteiger partial charge in [0.25, 0.3) is 0 Å². The van der Waals surface area contributed by atoms with Crippen LogP contribution in [0.4, 0.5) is 13.2 Å². The van der Waals surface area contributed by atoms with Gasteiger partial charge in [0.2, 0.25) is 0 Å². The van der Waals surface area contributed by atoms with E-state index in [1.54, 1.807) is 19.2 Å². The normalized spacial score (nSPS) is 14.1. The Labute approximate surface area is 100 Å². The minimum Gasteiger partial charge on any atom is -0.313 e. The number of rotatable bonds is 4. The van der Waals surface area contributed by atoms with Crippen molar-refractivity contribution < 1.29 is 13.2 Å². The molecule has 4 heteroatoms. The van der Waals surface area contributed by atoms with Crippen molar-refractivity contribution in [2.75, 3.05) is 7.05 Å². The van der Waals surface area contributed by atoms with Crippen LogP contribution in [0.3, 0.4) is 0 Å². The number of halogens is 3. The molecule has 0 aromatic heterocycles. The second kappa shape index (κ2) is 5.54. The highest BCUT2D eigenvalue weighted by molar-refractivity contribution is 5.32. The van der Waals surface area contributed by atoms with Crippen molar-refractivity contribution >= 4 is 0 Å². The monoisotopic (exact) mass is 245 g/mol. The summed E-state index contributed by atoms with van der Waals surface area (Å²) in [6.07, 6.45) is -3.60. The first-order valence-corrected chi connectivity index (χ1v) is 5.69. The summed E-state index contributed by atoms with van der Waals surface area (Å²) in [7, 11) is 1.69. The van der Waals surface area contributed by atoms with Crippen LogP contribution < -0.4 is 5.32 Å². The van der Waals surface area contributed by atoms with Crippen LogP contribution in [-0.2, 0) is 6.18 Å². The fourth-order valence-corrected chi connectivity index (χ4v) is 1.93. The predicted molar refractivity (Wildman–Crippen MR) is 62.7 cm³/mol. The lowest BCUT2D eigenvalue weighted by Gasteiger charge is -2.22. The molecule has 0 bridgehead atoms. The molecule has 0 aliphatic heterocycles. The molecule has 0 aliphatic rings. The van der Waals surface area contributed by atoms with E-state index in [1.807, 2.05) is 13.8 Å². The van der Waals surface area contributed by atoms with Crippen molar-refractivity contribution in [2.24, 2.45) is 5.92 Å². The molecule has 0 saturated carbocycles. The Kier molecular flexibility index (Phi) is 4.57. The van der Waals surface area contributed by atoms with Gasteiger partial charge in [0.1, 0.15) is 0 Å². The summed E-state index contributed by atoms with van der Waals surface area (Å²) in [6, 6.07) is 5.50. The second-order valence-electron chi connectivity index (χ2n) is 4.56. The third-order valence-corrected chi connectivity index (χ3v) is 2.70. The zero-order valence-corrected chi connectivity index (χ0v) is 10.3. The van der Waals surface area contributed by atoms with Gasteiger partial charge in [0.05, 0.1) is 5.56 Å². The first-order valence-electron chi connectivity index (χ1n) is 5.69. The molecule has 0 fully saturated rings. The highest BCUT2D eigenvalue weighted by Crippen LogP contribution is 2.35. The zero-order chi connectivity index (χ0) is 13.1. The van der Waals surface area contributed by atoms with E-state index in [2.05, 4.69) is 5.32 Å². The van der Waals surface area contributed by atoms with E-state index >= 15 is 0 Å². The van der Waals surface area contributed by atoms with Crippen LogP contribution in [0.5, 0.6) is 0 Å². The fourth-order valence-electron chi connectivity index (χ4n) is 1.93. The van der Waals surface area contributed by atoms with Crippen LogP contribution in [0.25, 0.3) is 0 Å². The Morgan fingerprint density at radius 3 is 2.24 bits per heavy atom. The molecule has 1 nitrogen and oxygen atoms in total. The molecular weight excluding hydrogens is 227 g/mol. The number of nitrogens with one attached hydrogen (secondary N) is 1. The molecule has 17 heavy (non-hydrogen) atoms. The van der Waals surface area contributed by atoms with Gasteiger partial charge in [-0.3, -0.25) is 0 Å². The third-order valence-electron chi connectivity index (χ3n) is 2.70. The van der Waals surface area contributed by atoms with Crippen molar-refractivity contribution in [3.63, 3.8) is 0 Å². The van der Waals surface area contributed by atoms with Gasteiger partial charge in [0, 0.05) is 6.04 Å². The fraction of sp³-hybridized carbons (Fsp3) is 0.538. The lowest BCUT2D eigenvalue weighted by Crippen LogP contribution is -2.22. The largest absolute Gasteiger partial charge is 0.416 e. The highest BCUT2D eigenvalue weighted by atomic mass is 19.4. The van der Waals surface area contributed by atoms with Crippen LogP contribution in [0, 0.1) is 5.92 Å². The molecule has 1 N–H and O–H groups in total. The minimum absolute atomic E-state index is 0.257. The maximum atomic E-state index is 12.9. The predicted octanol–water partition coefficient (Wildman–Crippen LogP) is 4.01. The van der Waals surface area contributed by atoms with E-state index in [4.69, 9.17) is 0 Å². The molecule has 0 spiro atoms. The Morgan fingerprint density at radius 2 is 1.76 bits per heavy atom. The Morgan fingerprint density at radius 1 is 1.18 bits per heavy atom. The van der Waals surface area contributed by atoms with E-state index in [0.717, 1.165) is 6.07 Å². The van der Waals surface area contributed by atoms with Crippen LogP contribution >= 0.6 is 0 Å². The van der Waals surface area contributed by atoms with Crippen LogP contribution in [0.2, 0.25) is 0 Å². The van der Waals surface area contributed by atoms with Crippen molar-refractivity contribution in [3.05, 3.63) is 35.4 Å². The lowest BCUT2D eigenvalue weighted by molar-refractivity contribution is -0.138. The van der Waals surface area contributed by atoms with E-state index in [-0.39, 0.29) is 6.04 Å². The van der Waals surface area contributed by atoms with E-state index in [1.165, 1.54) is 6.07 Å². The van der Waals surface area contributed by atoms with Gasteiger partial charge < -0.3 is 5.32 Å². The van der Waals surface area contributed by atoms with Gasteiger partial charge in [-0.1, -0.05) is 32.0 Å². The van der Waals surface area contributed by atoms with Gasteiger partial charge in [0.15, 0.2) is 0 Å². The highest BCUT2D eigenvalue weighted by Gasteiger charge is 2.34. The molecule has 0 aliphatic carbocycles. The van der Waals surface area contributed by atoms with Crippen molar-refractivity contribution in [1.82, 2.24) is 5.32 Å². The summed E-state index contributed by atoms with van der Waals surface area (Å²) in [5.74, 6) is 0.341. The van der Waals surface area contributed by atoms with Gasteiger partial charge in [-0.2, -0.15) is 13.2 Å². The smallest absolute Gasteiger partial charge is 0.313 e. The Balaban J connectivity index is 3.11. The molecule has 0 saturated heterocycles. The molecule has 0 radical (unpaired) electrons. The number of alkyl halides is 3. The molecule has 0 amide bonds.